The molecule has 0 unspecified atom stereocenters. The van der Waals surface area contributed by atoms with Crippen molar-refractivity contribution in [2.45, 2.75) is 31.7 Å². The van der Waals surface area contributed by atoms with Crippen LogP contribution in [0, 0.1) is 0 Å². The Morgan fingerprint density at radius 2 is 2.07 bits per heavy atom. The molecular weight excluding hydrogens is 342 g/mol. The topological polar surface area (TPSA) is 79.6 Å². The molecule has 5 rings (SSSR count). The average molecular weight is 361 g/mol. The number of carbonyl (C=O) groups is 2. The fraction of sp³-hybridized carbons (Fsp3) is 0.300. The third kappa shape index (κ3) is 2.66. The highest BCUT2D eigenvalue weighted by Crippen LogP contribution is 2.33. The van der Waals surface area contributed by atoms with Gasteiger partial charge in [0.05, 0.1) is 6.04 Å². The van der Waals surface area contributed by atoms with Crippen LogP contribution in [0.2, 0.25) is 0 Å². The zero-order valence-electron chi connectivity index (χ0n) is 14.8. The number of amides is 2. The van der Waals surface area contributed by atoms with Crippen LogP contribution in [0.5, 0.6) is 0 Å². The first-order valence-electron chi connectivity index (χ1n) is 9.24. The van der Waals surface area contributed by atoms with Gasteiger partial charge < -0.3 is 10.2 Å². The largest absolute Gasteiger partial charge is 0.328 e. The minimum absolute atomic E-state index is 0.00452. The van der Waals surface area contributed by atoms with Crippen molar-refractivity contribution in [3.05, 3.63) is 59.5 Å². The van der Waals surface area contributed by atoms with Gasteiger partial charge in [0, 0.05) is 30.4 Å². The number of hydrogen-bond acceptors (Lipinski definition) is 4. The lowest BCUT2D eigenvalue weighted by atomic mass is 10.00. The third-order valence-corrected chi connectivity index (χ3v) is 5.40. The summed E-state index contributed by atoms with van der Waals surface area (Å²) in [6.45, 7) is 0.707. The van der Waals surface area contributed by atoms with E-state index in [1.165, 1.54) is 0 Å². The second-order valence-corrected chi connectivity index (χ2v) is 7.06. The minimum atomic E-state index is -0.0781. The van der Waals surface area contributed by atoms with Crippen molar-refractivity contribution in [2.75, 3.05) is 11.9 Å². The van der Waals surface area contributed by atoms with E-state index < -0.39 is 0 Å². The molecule has 1 saturated heterocycles. The normalized spacial score (nSPS) is 19.2. The Morgan fingerprint density at radius 1 is 1.15 bits per heavy atom. The fourth-order valence-corrected chi connectivity index (χ4v) is 4.05. The van der Waals surface area contributed by atoms with Crippen LogP contribution < -0.4 is 5.32 Å². The van der Waals surface area contributed by atoms with Crippen LogP contribution in [0.3, 0.4) is 0 Å². The van der Waals surface area contributed by atoms with E-state index in [0.29, 0.717) is 24.9 Å². The van der Waals surface area contributed by atoms with E-state index in [1.807, 2.05) is 45.8 Å². The van der Waals surface area contributed by atoms with Crippen LogP contribution in [0.15, 0.2) is 42.6 Å². The lowest BCUT2D eigenvalue weighted by Gasteiger charge is -2.24. The molecule has 0 saturated carbocycles. The van der Waals surface area contributed by atoms with Crippen LogP contribution in [-0.2, 0) is 11.2 Å². The number of nitrogens with zero attached hydrogens (tertiary/aromatic N) is 4. The second kappa shape index (κ2) is 6.19. The summed E-state index contributed by atoms with van der Waals surface area (Å²) in [5, 5.41) is 11.4. The molecule has 1 N–H and O–H groups in total. The van der Waals surface area contributed by atoms with E-state index in [1.54, 1.807) is 6.07 Å². The number of aryl methyl sites for hydroxylation is 1. The maximum Gasteiger partial charge on any atom is 0.254 e. The molecule has 2 aliphatic heterocycles. The summed E-state index contributed by atoms with van der Waals surface area (Å²) in [7, 11) is 0. The summed E-state index contributed by atoms with van der Waals surface area (Å²) >= 11 is 0. The predicted octanol–water partition coefficient (Wildman–Crippen LogP) is 2.59. The maximum absolute atomic E-state index is 13.2. The highest BCUT2D eigenvalue weighted by molar-refractivity contribution is 5.98. The number of benzene rings is 1. The fourth-order valence-electron chi connectivity index (χ4n) is 4.05. The van der Waals surface area contributed by atoms with Gasteiger partial charge in [0.25, 0.3) is 5.91 Å². The van der Waals surface area contributed by atoms with E-state index in [4.69, 9.17) is 0 Å². The first-order valence-corrected chi connectivity index (χ1v) is 9.24. The standard InChI is InChI=1S/C20H19N5O2/c26-18-9-7-13-12-14(6-8-15(13)21-18)20(27)24-11-3-4-16(24)19-23-22-17-5-1-2-10-25(17)19/h1-2,5-6,8,10,12,16H,3-4,7,9,11H2,(H,21,26)/t16-/m1/s1. The van der Waals surface area contributed by atoms with E-state index in [2.05, 4.69) is 15.5 Å². The number of fused-ring (bicyclic) bond motifs is 2. The summed E-state index contributed by atoms with van der Waals surface area (Å²) in [6.07, 6.45) is 4.89. The Balaban J connectivity index is 1.47. The van der Waals surface area contributed by atoms with Gasteiger partial charge in [-0.1, -0.05) is 6.07 Å². The summed E-state index contributed by atoms with van der Waals surface area (Å²) in [4.78, 5) is 26.6. The lowest BCUT2D eigenvalue weighted by molar-refractivity contribution is -0.116. The summed E-state index contributed by atoms with van der Waals surface area (Å²) in [5.41, 5.74) is 3.27. The Bertz CT molecular complexity index is 1060. The summed E-state index contributed by atoms with van der Waals surface area (Å²) in [5.74, 6) is 0.839. The average Bonchev–Trinajstić information content (AvgIpc) is 3.33. The van der Waals surface area contributed by atoms with E-state index in [9.17, 15) is 9.59 Å². The molecule has 0 bridgehead atoms. The van der Waals surface area contributed by atoms with Gasteiger partial charge in [-0.05, 0) is 55.2 Å². The van der Waals surface area contributed by atoms with Crippen molar-refractivity contribution in [1.82, 2.24) is 19.5 Å². The van der Waals surface area contributed by atoms with Crippen molar-refractivity contribution in [1.29, 1.82) is 0 Å². The molecule has 136 valence electrons. The molecule has 2 aromatic heterocycles. The Kier molecular flexibility index (Phi) is 3.67. The first kappa shape index (κ1) is 16.0. The molecule has 2 amide bonds. The molecule has 1 aromatic carbocycles. The monoisotopic (exact) mass is 361 g/mol. The number of aromatic nitrogens is 3. The van der Waals surface area contributed by atoms with Crippen LogP contribution in [0.4, 0.5) is 5.69 Å². The summed E-state index contributed by atoms with van der Waals surface area (Å²) in [6, 6.07) is 11.2. The molecule has 0 spiro atoms. The van der Waals surface area contributed by atoms with Crippen LogP contribution in [0.25, 0.3) is 5.65 Å². The SMILES string of the molecule is O=C1CCc2cc(C(=O)N3CCC[C@@H]3c3nnc4ccccn34)ccc2N1. The number of rotatable bonds is 2. The van der Waals surface area contributed by atoms with Gasteiger partial charge in [-0.15, -0.1) is 10.2 Å². The van der Waals surface area contributed by atoms with Gasteiger partial charge in [0.15, 0.2) is 11.5 Å². The highest BCUT2D eigenvalue weighted by Gasteiger charge is 2.34. The van der Waals surface area contributed by atoms with Crippen molar-refractivity contribution in [3.63, 3.8) is 0 Å². The molecule has 3 aromatic rings. The molecule has 0 aliphatic carbocycles. The molecule has 1 atom stereocenters. The molecule has 27 heavy (non-hydrogen) atoms. The predicted molar refractivity (Wildman–Crippen MR) is 99.4 cm³/mol. The lowest BCUT2D eigenvalue weighted by Crippen LogP contribution is -2.32. The van der Waals surface area contributed by atoms with E-state index >= 15 is 0 Å². The van der Waals surface area contributed by atoms with Gasteiger partial charge >= 0.3 is 0 Å². The van der Waals surface area contributed by atoms with Crippen LogP contribution >= 0.6 is 0 Å². The number of hydrogen-bond donors (Lipinski definition) is 1. The minimum Gasteiger partial charge on any atom is -0.328 e. The highest BCUT2D eigenvalue weighted by atomic mass is 16.2. The maximum atomic E-state index is 13.2. The van der Waals surface area contributed by atoms with Crippen molar-refractivity contribution in [2.24, 2.45) is 0 Å². The van der Waals surface area contributed by atoms with E-state index in [-0.39, 0.29) is 17.9 Å². The van der Waals surface area contributed by atoms with E-state index in [0.717, 1.165) is 35.6 Å². The van der Waals surface area contributed by atoms with Gasteiger partial charge in [0.2, 0.25) is 5.91 Å². The van der Waals surface area contributed by atoms with Gasteiger partial charge in [0.1, 0.15) is 0 Å². The smallest absolute Gasteiger partial charge is 0.254 e. The number of nitrogens with one attached hydrogen (secondary N) is 1. The molecule has 7 nitrogen and oxygen atoms in total. The second-order valence-electron chi connectivity index (χ2n) is 7.06. The number of likely N-dealkylation sites (tertiary alicyclic amines) is 1. The first-order chi connectivity index (χ1) is 13.2. The quantitative estimate of drug-likeness (QED) is 0.761. The Labute approximate surface area is 156 Å². The zero-order chi connectivity index (χ0) is 18.4. The van der Waals surface area contributed by atoms with Gasteiger partial charge in [-0.25, -0.2) is 0 Å². The molecular formula is C20H19N5O2. The van der Waals surface area contributed by atoms with Gasteiger partial charge in [-0.2, -0.15) is 0 Å². The number of pyridine rings is 1. The van der Waals surface area contributed by atoms with Crippen molar-refractivity contribution >= 4 is 23.1 Å². The molecule has 2 aliphatic rings. The molecule has 0 radical (unpaired) electrons. The zero-order valence-corrected chi connectivity index (χ0v) is 14.8. The Morgan fingerprint density at radius 3 is 3.00 bits per heavy atom. The number of anilines is 1. The Hall–Kier alpha value is -3.22. The number of carbonyl (C=O) groups excluding carboxylic acids is 2. The van der Waals surface area contributed by atoms with Crippen molar-refractivity contribution < 1.29 is 9.59 Å². The van der Waals surface area contributed by atoms with Gasteiger partial charge in [-0.3, -0.25) is 14.0 Å². The third-order valence-electron chi connectivity index (χ3n) is 5.40. The summed E-state index contributed by atoms with van der Waals surface area (Å²) < 4.78 is 1.96. The molecule has 4 heterocycles. The molecule has 1 fully saturated rings. The van der Waals surface area contributed by atoms with Crippen LogP contribution in [-0.4, -0.2) is 37.9 Å². The van der Waals surface area contributed by atoms with Crippen molar-refractivity contribution in [3.8, 4) is 0 Å². The molecule has 7 heteroatoms. The van der Waals surface area contributed by atoms with Crippen LogP contribution in [0.1, 0.15) is 47.1 Å².